The monoisotopic (exact) mass is 475 g/mol. The lowest BCUT2D eigenvalue weighted by atomic mass is 10.2. The predicted octanol–water partition coefficient (Wildman–Crippen LogP) is 3.50. The number of hydrogen-bond donors (Lipinski definition) is 3. The van der Waals surface area contributed by atoms with Gasteiger partial charge in [0.2, 0.25) is 11.0 Å². The van der Waals surface area contributed by atoms with Gasteiger partial charge in [-0.25, -0.2) is 9.18 Å². The van der Waals surface area contributed by atoms with Crippen LogP contribution in [0.25, 0.3) is 0 Å². The Balaban J connectivity index is 1.20. The zero-order chi connectivity index (χ0) is 22.3. The molecule has 0 aliphatic carbocycles. The molecule has 0 saturated heterocycles. The Hall–Kier alpha value is -3.38. The summed E-state index contributed by atoms with van der Waals surface area (Å²) in [6, 6.07) is 10.5. The highest BCUT2D eigenvalue weighted by Crippen LogP contribution is 2.32. The van der Waals surface area contributed by atoms with Gasteiger partial charge in [-0.1, -0.05) is 35.2 Å². The number of carbonyl (C=O) groups excluding carboxylic acids is 2. The van der Waals surface area contributed by atoms with E-state index < -0.39 is 11.9 Å². The lowest BCUT2D eigenvalue weighted by molar-refractivity contribution is -0.117. The number of urea groups is 1. The fraction of sp³-hybridized carbons (Fsp3) is 0.200. The first-order valence-electron chi connectivity index (χ1n) is 9.50. The van der Waals surface area contributed by atoms with Crippen molar-refractivity contribution in [3.63, 3.8) is 0 Å². The Morgan fingerprint density at radius 3 is 2.66 bits per heavy atom. The van der Waals surface area contributed by atoms with Gasteiger partial charge >= 0.3 is 6.03 Å². The Kier molecular flexibility index (Phi) is 7.02. The van der Waals surface area contributed by atoms with E-state index in [1.807, 2.05) is 0 Å². The molecule has 1 aromatic heterocycles. The van der Waals surface area contributed by atoms with E-state index in [0.29, 0.717) is 46.4 Å². The minimum Gasteiger partial charge on any atom is -0.486 e. The van der Waals surface area contributed by atoms with Gasteiger partial charge < -0.3 is 20.1 Å². The van der Waals surface area contributed by atoms with E-state index in [0.717, 1.165) is 5.56 Å². The summed E-state index contributed by atoms with van der Waals surface area (Å²) >= 11 is 2.45. The lowest BCUT2D eigenvalue weighted by Crippen LogP contribution is -2.35. The van der Waals surface area contributed by atoms with Gasteiger partial charge in [0.1, 0.15) is 19.0 Å². The van der Waals surface area contributed by atoms with Crippen molar-refractivity contribution in [1.82, 2.24) is 15.5 Å². The second kappa shape index (κ2) is 10.3. The van der Waals surface area contributed by atoms with E-state index >= 15 is 0 Å². The molecule has 32 heavy (non-hydrogen) atoms. The van der Waals surface area contributed by atoms with Gasteiger partial charge in [0.25, 0.3) is 0 Å². The number of imide groups is 1. The fourth-order valence-electron chi connectivity index (χ4n) is 2.69. The molecule has 0 radical (unpaired) electrons. The Labute approximate surface area is 190 Å². The number of ether oxygens (including phenoxy) is 2. The third-order valence-corrected chi connectivity index (χ3v) is 6.16. The SMILES string of the molecule is O=C(CSc1nnc(NCc2ccc(F)cc2)s1)NC(=O)Nc1ccc2c(c1)OCCO2. The molecule has 4 rings (SSSR count). The Morgan fingerprint density at radius 1 is 1.06 bits per heavy atom. The van der Waals surface area contributed by atoms with Crippen molar-refractivity contribution in [2.24, 2.45) is 0 Å². The summed E-state index contributed by atoms with van der Waals surface area (Å²) in [4.78, 5) is 24.1. The van der Waals surface area contributed by atoms with Crippen molar-refractivity contribution in [2.45, 2.75) is 10.9 Å². The quantitative estimate of drug-likeness (QED) is 0.445. The van der Waals surface area contributed by atoms with Crippen LogP contribution in [0, 0.1) is 5.82 Å². The van der Waals surface area contributed by atoms with Crippen LogP contribution in [0.4, 0.5) is 20.0 Å². The first-order chi connectivity index (χ1) is 15.5. The molecule has 1 aliphatic rings. The summed E-state index contributed by atoms with van der Waals surface area (Å²) in [5.74, 6) is 0.387. The van der Waals surface area contributed by atoms with Crippen molar-refractivity contribution < 1.29 is 23.5 Å². The molecule has 0 saturated carbocycles. The van der Waals surface area contributed by atoms with E-state index in [1.54, 1.807) is 30.3 Å². The first kappa shape index (κ1) is 21.8. The molecule has 3 amide bonds. The topological polar surface area (TPSA) is 114 Å². The van der Waals surface area contributed by atoms with Gasteiger partial charge in [-0.3, -0.25) is 10.1 Å². The molecule has 9 nitrogen and oxygen atoms in total. The number of thioether (sulfide) groups is 1. The summed E-state index contributed by atoms with van der Waals surface area (Å²) in [5, 5.41) is 16.5. The smallest absolute Gasteiger partial charge is 0.325 e. The average Bonchev–Trinajstić information content (AvgIpc) is 3.25. The second-order valence-electron chi connectivity index (χ2n) is 6.50. The van der Waals surface area contributed by atoms with Crippen molar-refractivity contribution in [1.29, 1.82) is 0 Å². The molecular weight excluding hydrogens is 457 g/mol. The molecule has 0 bridgehead atoms. The number of amides is 3. The Morgan fingerprint density at radius 2 is 1.84 bits per heavy atom. The van der Waals surface area contributed by atoms with Crippen molar-refractivity contribution >= 4 is 45.9 Å². The number of anilines is 2. The molecular formula is C20H18FN5O4S2. The van der Waals surface area contributed by atoms with Gasteiger partial charge in [-0.2, -0.15) is 0 Å². The molecule has 2 aromatic carbocycles. The number of fused-ring (bicyclic) bond motifs is 1. The van der Waals surface area contributed by atoms with Crippen LogP contribution in [-0.4, -0.2) is 41.1 Å². The number of nitrogens with zero attached hydrogens (tertiary/aromatic N) is 2. The maximum absolute atomic E-state index is 12.9. The summed E-state index contributed by atoms with van der Waals surface area (Å²) in [6.07, 6.45) is 0. The normalized spacial score (nSPS) is 12.2. The van der Waals surface area contributed by atoms with Crippen molar-refractivity contribution in [3.8, 4) is 11.5 Å². The minimum absolute atomic E-state index is 0.00115. The van der Waals surface area contributed by atoms with Crippen LogP contribution in [-0.2, 0) is 11.3 Å². The summed E-state index contributed by atoms with van der Waals surface area (Å²) in [5.41, 5.74) is 1.38. The fourth-order valence-corrected chi connectivity index (χ4v) is 4.24. The van der Waals surface area contributed by atoms with Gasteiger partial charge in [-0.05, 0) is 29.8 Å². The number of hydrogen-bond acceptors (Lipinski definition) is 9. The molecule has 3 aromatic rings. The summed E-state index contributed by atoms with van der Waals surface area (Å²) < 4.78 is 24.4. The third kappa shape index (κ3) is 6.08. The predicted molar refractivity (Wildman–Crippen MR) is 119 cm³/mol. The second-order valence-corrected chi connectivity index (χ2v) is 8.70. The summed E-state index contributed by atoms with van der Waals surface area (Å²) in [6.45, 7) is 1.39. The zero-order valence-electron chi connectivity index (χ0n) is 16.6. The number of benzene rings is 2. The highest BCUT2D eigenvalue weighted by atomic mass is 32.2. The van der Waals surface area contributed by atoms with E-state index in [1.165, 1.54) is 35.2 Å². The molecule has 1 aliphatic heterocycles. The molecule has 0 fully saturated rings. The van der Waals surface area contributed by atoms with Crippen LogP contribution in [0.2, 0.25) is 0 Å². The molecule has 0 spiro atoms. The maximum atomic E-state index is 12.9. The molecule has 166 valence electrons. The van der Waals surface area contributed by atoms with Crippen LogP contribution in [0.5, 0.6) is 11.5 Å². The zero-order valence-corrected chi connectivity index (χ0v) is 18.2. The first-order valence-corrected chi connectivity index (χ1v) is 11.3. The van der Waals surface area contributed by atoms with Crippen molar-refractivity contribution in [3.05, 3.63) is 53.8 Å². The standard InChI is InChI=1S/C20H18FN5O4S2/c21-13-3-1-12(2-4-13)10-22-19-25-26-20(32-19)31-11-17(27)24-18(28)23-14-5-6-15-16(9-14)30-8-7-29-15/h1-6,9H,7-8,10-11H2,(H,22,25)(H2,23,24,27,28). The third-order valence-electron chi connectivity index (χ3n) is 4.14. The van der Waals surface area contributed by atoms with Gasteiger partial charge in [0.15, 0.2) is 15.8 Å². The van der Waals surface area contributed by atoms with Gasteiger partial charge in [-0.15, -0.1) is 10.2 Å². The van der Waals surface area contributed by atoms with E-state index in [9.17, 15) is 14.0 Å². The highest BCUT2D eigenvalue weighted by Gasteiger charge is 2.14. The number of rotatable bonds is 7. The van der Waals surface area contributed by atoms with Gasteiger partial charge in [0.05, 0.1) is 5.75 Å². The maximum Gasteiger partial charge on any atom is 0.325 e. The van der Waals surface area contributed by atoms with Crippen LogP contribution in [0.15, 0.2) is 46.8 Å². The van der Waals surface area contributed by atoms with Crippen LogP contribution in [0.3, 0.4) is 0 Å². The molecule has 3 N–H and O–H groups in total. The number of nitrogens with one attached hydrogen (secondary N) is 3. The summed E-state index contributed by atoms with van der Waals surface area (Å²) in [7, 11) is 0. The van der Waals surface area contributed by atoms with Crippen molar-refractivity contribution in [2.75, 3.05) is 29.6 Å². The number of carbonyl (C=O) groups is 2. The number of aromatic nitrogens is 2. The molecule has 0 unspecified atom stereocenters. The van der Waals surface area contributed by atoms with E-state index in [2.05, 4.69) is 26.1 Å². The number of halogens is 1. The van der Waals surface area contributed by atoms with Crippen LogP contribution in [0.1, 0.15) is 5.56 Å². The van der Waals surface area contributed by atoms with Crippen LogP contribution < -0.4 is 25.4 Å². The van der Waals surface area contributed by atoms with Gasteiger partial charge in [0, 0.05) is 18.3 Å². The Bertz CT molecular complexity index is 1110. The van der Waals surface area contributed by atoms with E-state index in [-0.39, 0.29) is 11.6 Å². The van der Waals surface area contributed by atoms with E-state index in [4.69, 9.17) is 9.47 Å². The highest BCUT2D eigenvalue weighted by molar-refractivity contribution is 8.01. The average molecular weight is 476 g/mol. The molecule has 0 atom stereocenters. The lowest BCUT2D eigenvalue weighted by Gasteiger charge is -2.19. The molecule has 2 heterocycles. The van der Waals surface area contributed by atoms with Crippen LogP contribution >= 0.6 is 23.1 Å². The largest absolute Gasteiger partial charge is 0.486 e. The molecule has 12 heteroatoms. The minimum atomic E-state index is -0.647.